The van der Waals surface area contributed by atoms with Crippen LogP contribution in [0.1, 0.15) is 0 Å². The van der Waals surface area contributed by atoms with Crippen LogP contribution < -0.4 is 0 Å². The summed E-state index contributed by atoms with van der Waals surface area (Å²) in [6.07, 6.45) is 0. The molecule has 0 bridgehead atoms. The minimum absolute atomic E-state index is 1.04. The zero-order chi connectivity index (χ0) is 12.6. The van der Waals surface area contributed by atoms with Crippen LogP contribution in [0.2, 0.25) is 0 Å². The van der Waals surface area contributed by atoms with E-state index in [1.54, 1.807) is 0 Å². The number of halogens is 5. The van der Waals surface area contributed by atoms with Crippen LogP contribution in [0.5, 0.6) is 0 Å². The highest BCUT2D eigenvalue weighted by atomic mass is 79.9. The molecule has 2 aromatic carbocycles. The molecule has 0 heterocycles. The lowest BCUT2D eigenvalue weighted by molar-refractivity contribution is 1.50. The van der Waals surface area contributed by atoms with E-state index >= 15 is 0 Å². The Kier molecular flexibility index (Phi) is 4.92. The average molecular weight is 549 g/mol. The Bertz CT molecular complexity index is 554. The topological polar surface area (TPSA) is 0 Å². The van der Waals surface area contributed by atoms with Gasteiger partial charge in [-0.3, -0.25) is 0 Å². The van der Waals surface area contributed by atoms with Gasteiger partial charge in [-0.1, -0.05) is 53.9 Å². The third kappa shape index (κ3) is 3.24. The Morgan fingerprint density at radius 1 is 0.588 bits per heavy atom. The Labute approximate surface area is 142 Å². The van der Waals surface area contributed by atoms with Gasteiger partial charge in [0.2, 0.25) is 0 Å². The molecule has 17 heavy (non-hydrogen) atoms. The first-order valence-electron chi connectivity index (χ1n) is 4.59. The molecule has 0 fully saturated rings. The van der Waals surface area contributed by atoms with Crippen LogP contribution in [0, 0.1) is 0 Å². The Hall–Kier alpha value is 0.840. The second-order valence-corrected chi connectivity index (χ2v) is 7.71. The van der Waals surface area contributed by atoms with Crippen LogP contribution >= 0.6 is 79.6 Å². The highest BCUT2D eigenvalue weighted by molar-refractivity contribution is 9.13. The van der Waals surface area contributed by atoms with Crippen LogP contribution in [0.25, 0.3) is 11.1 Å². The van der Waals surface area contributed by atoms with Crippen LogP contribution in [0.15, 0.2) is 52.7 Å². The van der Waals surface area contributed by atoms with Gasteiger partial charge < -0.3 is 0 Å². The van der Waals surface area contributed by atoms with Gasteiger partial charge in [0.1, 0.15) is 0 Å². The summed E-state index contributed by atoms with van der Waals surface area (Å²) >= 11 is 17.6. The molecule has 0 aliphatic heterocycles. The second-order valence-electron chi connectivity index (χ2n) is 3.37. The highest BCUT2D eigenvalue weighted by Crippen LogP contribution is 2.39. The Morgan fingerprint density at radius 2 is 1.18 bits per heavy atom. The summed E-state index contributed by atoms with van der Waals surface area (Å²) in [7, 11) is 0. The van der Waals surface area contributed by atoms with Crippen molar-refractivity contribution in [2.75, 3.05) is 0 Å². The van der Waals surface area contributed by atoms with Crippen molar-refractivity contribution in [2.24, 2.45) is 0 Å². The summed E-state index contributed by atoms with van der Waals surface area (Å²) < 4.78 is 5.22. The molecule has 0 radical (unpaired) electrons. The fraction of sp³-hybridized carbons (Fsp3) is 0. The smallest absolute Gasteiger partial charge is 0.0323 e. The lowest BCUT2D eigenvalue weighted by Crippen LogP contribution is -1.84. The van der Waals surface area contributed by atoms with Gasteiger partial charge in [0.15, 0.2) is 0 Å². The van der Waals surface area contributed by atoms with Crippen molar-refractivity contribution in [1.82, 2.24) is 0 Å². The Balaban J connectivity index is 2.64. The van der Waals surface area contributed by atoms with Crippen molar-refractivity contribution in [3.05, 3.63) is 52.7 Å². The van der Waals surface area contributed by atoms with E-state index < -0.39 is 0 Å². The molecule has 0 N–H and O–H groups in total. The summed E-state index contributed by atoms with van der Waals surface area (Å²) in [5, 5.41) is 0. The van der Waals surface area contributed by atoms with E-state index in [1.807, 2.05) is 18.2 Å². The third-order valence-electron chi connectivity index (χ3n) is 2.22. The third-order valence-corrected chi connectivity index (χ3v) is 5.80. The normalized spacial score (nSPS) is 10.6. The van der Waals surface area contributed by atoms with Gasteiger partial charge >= 0.3 is 0 Å². The van der Waals surface area contributed by atoms with Gasteiger partial charge in [0, 0.05) is 27.9 Å². The van der Waals surface area contributed by atoms with E-state index in [0.29, 0.717) is 0 Å². The van der Waals surface area contributed by atoms with Gasteiger partial charge in [0.05, 0.1) is 0 Å². The molecule has 0 aromatic heterocycles. The largest absolute Gasteiger partial charge is 0.0531 e. The zero-order valence-electron chi connectivity index (χ0n) is 8.28. The lowest BCUT2D eigenvalue weighted by Gasteiger charge is -2.09. The molecule has 5 heteroatoms. The van der Waals surface area contributed by atoms with E-state index in [-0.39, 0.29) is 0 Å². The zero-order valence-corrected chi connectivity index (χ0v) is 16.2. The molecule has 0 unspecified atom stereocenters. The SMILES string of the molecule is Brc1cc(Br)c(-c2ccc(Br)c(Br)c2)c(Br)c1. The van der Waals surface area contributed by atoms with E-state index in [4.69, 9.17) is 0 Å². The van der Waals surface area contributed by atoms with Crippen molar-refractivity contribution in [3.63, 3.8) is 0 Å². The summed E-state index contributed by atoms with van der Waals surface area (Å²) in [4.78, 5) is 0. The van der Waals surface area contributed by atoms with Gasteiger partial charge in [-0.05, 0) is 61.7 Å². The standard InChI is InChI=1S/C12H5Br5/c13-7-4-10(16)12(11(17)5-7)6-1-2-8(14)9(15)3-6/h1-5H. The molecule has 0 aliphatic carbocycles. The summed E-state index contributed by atoms with van der Waals surface area (Å²) in [5.41, 5.74) is 2.28. The monoisotopic (exact) mass is 544 g/mol. The van der Waals surface area contributed by atoms with Crippen molar-refractivity contribution in [1.29, 1.82) is 0 Å². The van der Waals surface area contributed by atoms with E-state index in [1.165, 1.54) is 0 Å². The number of hydrogen-bond acceptors (Lipinski definition) is 0. The van der Waals surface area contributed by atoms with Crippen LogP contribution in [-0.2, 0) is 0 Å². The van der Waals surface area contributed by atoms with Crippen molar-refractivity contribution in [3.8, 4) is 11.1 Å². The minimum Gasteiger partial charge on any atom is -0.0531 e. The van der Waals surface area contributed by atoms with Gasteiger partial charge in [-0.2, -0.15) is 0 Å². The molecular formula is C12H5Br5. The number of benzene rings is 2. The number of rotatable bonds is 1. The fourth-order valence-corrected chi connectivity index (χ4v) is 4.81. The second kappa shape index (κ2) is 5.87. The molecule has 0 nitrogen and oxygen atoms in total. The molecular weight excluding hydrogens is 544 g/mol. The first-order chi connectivity index (χ1) is 7.99. The van der Waals surface area contributed by atoms with E-state index in [2.05, 4.69) is 91.8 Å². The summed E-state index contributed by atoms with van der Waals surface area (Å²) in [6, 6.07) is 10.3. The predicted octanol–water partition coefficient (Wildman–Crippen LogP) is 7.17. The maximum atomic E-state index is 3.59. The number of hydrogen-bond donors (Lipinski definition) is 0. The van der Waals surface area contributed by atoms with Crippen molar-refractivity contribution >= 4 is 79.6 Å². The minimum atomic E-state index is 1.04. The van der Waals surface area contributed by atoms with Crippen molar-refractivity contribution in [2.45, 2.75) is 0 Å². The van der Waals surface area contributed by atoms with Gasteiger partial charge in [0.25, 0.3) is 0 Å². The quantitative estimate of drug-likeness (QED) is 0.355. The van der Waals surface area contributed by atoms with Crippen molar-refractivity contribution < 1.29 is 0 Å². The average Bonchev–Trinajstić information content (AvgIpc) is 2.21. The molecule has 88 valence electrons. The maximum absolute atomic E-state index is 3.59. The maximum Gasteiger partial charge on any atom is 0.0323 e. The molecule has 0 atom stereocenters. The highest BCUT2D eigenvalue weighted by Gasteiger charge is 2.10. The van der Waals surface area contributed by atoms with E-state index in [9.17, 15) is 0 Å². The fourth-order valence-electron chi connectivity index (χ4n) is 1.47. The first-order valence-corrected chi connectivity index (χ1v) is 8.55. The summed E-state index contributed by atoms with van der Waals surface area (Å²) in [6.45, 7) is 0. The van der Waals surface area contributed by atoms with E-state index in [0.717, 1.165) is 33.5 Å². The van der Waals surface area contributed by atoms with Crippen LogP contribution in [0.3, 0.4) is 0 Å². The van der Waals surface area contributed by atoms with Crippen LogP contribution in [-0.4, -0.2) is 0 Å². The molecule has 0 saturated heterocycles. The summed E-state index contributed by atoms with van der Waals surface area (Å²) in [5.74, 6) is 0. The molecule has 0 aliphatic rings. The van der Waals surface area contributed by atoms with Crippen LogP contribution in [0.4, 0.5) is 0 Å². The molecule has 2 aromatic rings. The molecule has 2 rings (SSSR count). The first kappa shape index (κ1) is 14.3. The predicted molar refractivity (Wildman–Crippen MR) is 90.4 cm³/mol. The Morgan fingerprint density at radius 3 is 1.71 bits per heavy atom. The molecule has 0 spiro atoms. The molecule has 0 amide bonds. The molecule has 0 saturated carbocycles. The van der Waals surface area contributed by atoms with Gasteiger partial charge in [-0.15, -0.1) is 0 Å². The lowest BCUT2D eigenvalue weighted by atomic mass is 10.1. The van der Waals surface area contributed by atoms with Gasteiger partial charge in [-0.25, -0.2) is 0 Å².